The second-order valence-corrected chi connectivity index (χ2v) is 8.67. The standard InChI is InChI=1S/C38H24O/c1-2-10-26(11-3-1)37-31-13-4-6-15-33(31)38(34-16-7-5-14-32(34)37)27-20-18-25(19-21-27)28-22-23-30-29-12-8-9-17-35(29)39-36(30)24-28/h1-24H/i1D,2D,3D,4D,5D,6D,7D,8D,9D,10D,11D,12D,13D,14D,15D,16D,17D,22D,24D. The first-order valence-electron chi connectivity index (χ1n) is 21.3. The topological polar surface area (TPSA) is 13.1 Å². The highest BCUT2D eigenvalue weighted by molar-refractivity contribution is 6.21. The van der Waals surface area contributed by atoms with Crippen LogP contribution >= 0.6 is 0 Å². The summed E-state index contributed by atoms with van der Waals surface area (Å²) in [4.78, 5) is 0. The van der Waals surface area contributed by atoms with E-state index in [9.17, 15) is 0 Å². The third-order valence-electron chi connectivity index (χ3n) is 6.56. The Morgan fingerprint density at radius 3 is 1.51 bits per heavy atom. The van der Waals surface area contributed by atoms with Crippen molar-refractivity contribution in [2.24, 2.45) is 0 Å². The van der Waals surface area contributed by atoms with Crippen LogP contribution in [0.4, 0.5) is 0 Å². The molecule has 0 spiro atoms. The molecule has 0 aliphatic carbocycles. The van der Waals surface area contributed by atoms with Gasteiger partial charge in [-0.15, -0.1) is 0 Å². The van der Waals surface area contributed by atoms with Gasteiger partial charge in [0.1, 0.15) is 11.2 Å². The van der Waals surface area contributed by atoms with Gasteiger partial charge in [-0.3, -0.25) is 0 Å². The highest BCUT2D eigenvalue weighted by atomic mass is 16.3. The van der Waals surface area contributed by atoms with Crippen molar-refractivity contribution in [3.8, 4) is 33.4 Å². The minimum Gasteiger partial charge on any atom is -0.456 e. The van der Waals surface area contributed by atoms with Crippen molar-refractivity contribution in [3.63, 3.8) is 0 Å². The molecule has 0 unspecified atom stereocenters. The minimum absolute atomic E-state index is 0.0184. The van der Waals surface area contributed by atoms with E-state index in [-0.39, 0.29) is 77.8 Å². The lowest BCUT2D eigenvalue weighted by atomic mass is 9.86. The van der Waals surface area contributed by atoms with Crippen LogP contribution in [0.2, 0.25) is 0 Å². The first kappa shape index (κ1) is 10.2. The largest absolute Gasteiger partial charge is 0.456 e. The molecule has 1 aromatic heterocycles. The molecule has 0 bridgehead atoms. The van der Waals surface area contributed by atoms with Gasteiger partial charge in [-0.05, 0) is 73.1 Å². The third kappa shape index (κ3) is 3.48. The normalized spacial score (nSPS) is 18.4. The molecule has 8 rings (SSSR count). The zero-order valence-electron chi connectivity index (χ0n) is 38.8. The highest BCUT2D eigenvalue weighted by Crippen LogP contribution is 2.43. The van der Waals surface area contributed by atoms with Crippen LogP contribution in [-0.2, 0) is 0 Å². The van der Waals surface area contributed by atoms with E-state index in [4.69, 9.17) is 30.5 Å². The van der Waals surface area contributed by atoms with Crippen molar-refractivity contribution in [1.29, 1.82) is 0 Å². The van der Waals surface area contributed by atoms with Crippen molar-refractivity contribution in [1.82, 2.24) is 0 Å². The Bertz CT molecular complexity index is 3100. The van der Waals surface area contributed by atoms with Crippen LogP contribution in [-0.4, -0.2) is 0 Å². The molecule has 1 heteroatoms. The number of fused-ring (bicyclic) bond motifs is 5. The fraction of sp³-hybridized carbons (Fsp3) is 0. The Hall–Kier alpha value is -5.14. The molecule has 0 saturated carbocycles. The molecule has 0 aliphatic rings. The van der Waals surface area contributed by atoms with Crippen LogP contribution in [0, 0.1) is 0 Å². The molecule has 0 radical (unpaired) electrons. The summed E-state index contributed by atoms with van der Waals surface area (Å²) in [5.74, 6) is 0. The SMILES string of the molecule is [2H]c1cc2c(oc3c([2H])c([2H])c([2H])c([2H])c32)c([2H])c1-c1ccc(-c2c3c([2H])c([2H])c([2H])c([2H])c3c(-c3c([2H])c([2H])c([2H])c([2H])c3[2H])c3c([2H])c([2H])c([2H])c([2H])c23)cc1. The van der Waals surface area contributed by atoms with Gasteiger partial charge in [-0.2, -0.15) is 0 Å². The van der Waals surface area contributed by atoms with E-state index in [1.54, 1.807) is 0 Å². The number of furan rings is 1. The van der Waals surface area contributed by atoms with Gasteiger partial charge < -0.3 is 4.42 Å². The van der Waals surface area contributed by atoms with Gasteiger partial charge in [-0.1, -0.05) is 127 Å². The molecule has 0 amide bonds. The summed E-state index contributed by atoms with van der Waals surface area (Å²) in [6, 6.07) is -4.53. The molecule has 182 valence electrons. The summed E-state index contributed by atoms with van der Waals surface area (Å²) in [7, 11) is 0. The van der Waals surface area contributed by atoms with E-state index in [0.717, 1.165) is 0 Å². The number of benzene rings is 7. The zero-order chi connectivity index (χ0) is 42.3. The fourth-order valence-corrected chi connectivity index (χ4v) is 4.86. The summed E-state index contributed by atoms with van der Waals surface area (Å²) in [5.41, 5.74) is -0.811. The van der Waals surface area contributed by atoms with Crippen molar-refractivity contribution in [3.05, 3.63) is 145 Å². The maximum absolute atomic E-state index is 9.12. The number of hydrogen-bond acceptors (Lipinski definition) is 1. The Labute approximate surface area is 253 Å². The predicted octanol–water partition coefficient (Wildman–Crippen LogP) is 10.9. The van der Waals surface area contributed by atoms with Crippen molar-refractivity contribution < 1.29 is 30.5 Å². The maximum Gasteiger partial charge on any atom is 0.136 e. The number of hydrogen-bond donors (Lipinski definition) is 0. The van der Waals surface area contributed by atoms with Crippen LogP contribution in [0.3, 0.4) is 0 Å². The third-order valence-corrected chi connectivity index (χ3v) is 6.56. The lowest BCUT2D eigenvalue weighted by Gasteiger charge is -2.18. The molecule has 7 aromatic carbocycles. The molecular weight excluding hydrogens is 472 g/mol. The van der Waals surface area contributed by atoms with Crippen LogP contribution in [0.15, 0.2) is 150 Å². The first-order valence-corrected chi connectivity index (χ1v) is 11.8. The predicted molar refractivity (Wildman–Crippen MR) is 165 cm³/mol. The van der Waals surface area contributed by atoms with E-state index in [1.165, 1.54) is 30.3 Å². The lowest BCUT2D eigenvalue weighted by molar-refractivity contribution is 0.669. The van der Waals surface area contributed by atoms with Gasteiger partial charge in [0.15, 0.2) is 0 Å². The zero-order valence-corrected chi connectivity index (χ0v) is 19.8. The fourth-order valence-electron chi connectivity index (χ4n) is 4.86. The van der Waals surface area contributed by atoms with Crippen LogP contribution in [0.1, 0.15) is 26.0 Å². The molecule has 1 heterocycles. The first-order chi connectivity index (χ1) is 27.2. The molecule has 0 fully saturated rings. The van der Waals surface area contributed by atoms with Gasteiger partial charge >= 0.3 is 0 Å². The van der Waals surface area contributed by atoms with Gasteiger partial charge in [0, 0.05) is 10.8 Å². The van der Waals surface area contributed by atoms with Gasteiger partial charge in [0.25, 0.3) is 0 Å². The Morgan fingerprint density at radius 1 is 0.359 bits per heavy atom. The van der Waals surface area contributed by atoms with Crippen molar-refractivity contribution in [2.75, 3.05) is 0 Å². The van der Waals surface area contributed by atoms with Gasteiger partial charge in [0.2, 0.25) is 0 Å². The smallest absolute Gasteiger partial charge is 0.136 e. The molecule has 0 atom stereocenters. The minimum atomic E-state index is -0.774. The van der Waals surface area contributed by atoms with Crippen LogP contribution < -0.4 is 0 Å². The molecular formula is C38H24O. The van der Waals surface area contributed by atoms with E-state index >= 15 is 0 Å². The van der Waals surface area contributed by atoms with E-state index in [0.29, 0.717) is 0 Å². The molecule has 0 saturated heterocycles. The average Bonchev–Trinajstić information content (AvgIpc) is 3.59. The average molecular weight is 516 g/mol. The van der Waals surface area contributed by atoms with E-state index in [2.05, 4.69) is 0 Å². The molecule has 0 N–H and O–H groups in total. The second-order valence-electron chi connectivity index (χ2n) is 8.67. The van der Waals surface area contributed by atoms with E-state index < -0.39 is 114 Å². The lowest BCUT2D eigenvalue weighted by Crippen LogP contribution is -1.90. The van der Waals surface area contributed by atoms with E-state index in [1.807, 2.05) is 0 Å². The Kier molecular flexibility index (Phi) is 2.28. The summed E-state index contributed by atoms with van der Waals surface area (Å²) in [6.07, 6.45) is 0. The van der Waals surface area contributed by atoms with Crippen molar-refractivity contribution >= 4 is 43.5 Å². The highest BCUT2D eigenvalue weighted by Gasteiger charge is 2.16. The quantitative estimate of drug-likeness (QED) is 0.213. The molecule has 39 heavy (non-hydrogen) atoms. The van der Waals surface area contributed by atoms with Gasteiger partial charge in [-0.25, -0.2) is 0 Å². The summed E-state index contributed by atoms with van der Waals surface area (Å²) < 4.78 is 170. The summed E-state index contributed by atoms with van der Waals surface area (Å²) in [6.45, 7) is 0. The maximum atomic E-state index is 9.12. The number of para-hydroxylation sites is 1. The van der Waals surface area contributed by atoms with Crippen LogP contribution in [0.25, 0.3) is 76.9 Å². The van der Waals surface area contributed by atoms with Gasteiger partial charge in [0.05, 0.1) is 26.0 Å². The monoisotopic (exact) mass is 515 g/mol. The number of rotatable bonds is 3. The molecule has 0 aliphatic heterocycles. The summed E-state index contributed by atoms with van der Waals surface area (Å²) >= 11 is 0. The van der Waals surface area contributed by atoms with Crippen LogP contribution in [0.5, 0.6) is 0 Å². The second kappa shape index (κ2) is 8.72. The summed E-state index contributed by atoms with van der Waals surface area (Å²) in [5, 5.41) is -1.07. The Morgan fingerprint density at radius 2 is 0.872 bits per heavy atom. The molecule has 1 nitrogen and oxygen atoms in total. The van der Waals surface area contributed by atoms with Crippen molar-refractivity contribution in [2.45, 2.75) is 0 Å². The Balaban J connectivity index is 1.49. The molecule has 8 aromatic rings.